The fraction of sp³-hybridized carbons (Fsp3) is 0.400. The maximum absolute atomic E-state index is 5.13. The maximum Gasteiger partial charge on any atom is 0.217 e. The molecule has 0 fully saturated rings. The number of imidazole rings is 1. The van der Waals surface area contributed by atoms with Crippen molar-refractivity contribution in [1.82, 2.24) is 9.55 Å². The highest BCUT2D eigenvalue weighted by molar-refractivity contribution is 5.25. The first kappa shape index (κ1) is 6.10. The fourth-order valence-electron chi connectivity index (χ4n) is 0.629. The molecule has 50 valence electrons. The van der Waals surface area contributed by atoms with Crippen LogP contribution in [0.4, 0.5) is 5.95 Å². The van der Waals surface area contributed by atoms with E-state index in [9.17, 15) is 0 Å². The second-order valence-electron chi connectivity index (χ2n) is 1.93. The first-order chi connectivity index (χ1) is 4.25. The summed E-state index contributed by atoms with van der Waals surface area (Å²) in [5, 5.41) is 0. The van der Waals surface area contributed by atoms with Crippen LogP contribution in [0.5, 0.6) is 0 Å². The molecule has 0 atom stereocenters. The van der Waals surface area contributed by atoms with E-state index in [2.05, 4.69) is 10.4 Å². The maximum atomic E-state index is 5.13. The monoisotopic (exact) mass is 126 g/mol. The SMILES string of the molecule is Cc1cnc(NN)n1C. The van der Waals surface area contributed by atoms with Gasteiger partial charge in [0.1, 0.15) is 0 Å². The standard InChI is InChI=1S/C5H10N4/c1-4-3-7-5(8-6)9(4)2/h3H,6H2,1-2H3,(H,7,8). The molecule has 0 aliphatic rings. The first-order valence-electron chi connectivity index (χ1n) is 2.70. The van der Waals surface area contributed by atoms with Crippen molar-refractivity contribution >= 4 is 5.95 Å². The van der Waals surface area contributed by atoms with Crippen LogP contribution in [0.1, 0.15) is 5.69 Å². The summed E-state index contributed by atoms with van der Waals surface area (Å²) < 4.78 is 1.88. The Morgan fingerprint density at radius 3 is 2.67 bits per heavy atom. The van der Waals surface area contributed by atoms with Crippen LogP contribution < -0.4 is 11.3 Å². The minimum absolute atomic E-state index is 0.688. The molecule has 1 rings (SSSR count). The molecule has 0 radical (unpaired) electrons. The number of rotatable bonds is 1. The number of hydrazine groups is 1. The molecule has 0 amide bonds. The molecular weight excluding hydrogens is 116 g/mol. The number of anilines is 1. The zero-order valence-electron chi connectivity index (χ0n) is 5.55. The quantitative estimate of drug-likeness (QED) is 0.412. The largest absolute Gasteiger partial charge is 0.317 e. The van der Waals surface area contributed by atoms with Crippen molar-refractivity contribution < 1.29 is 0 Å². The van der Waals surface area contributed by atoms with Crippen LogP contribution in [0, 0.1) is 6.92 Å². The van der Waals surface area contributed by atoms with Crippen LogP contribution in [0.15, 0.2) is 6.20 Å². The van der Waals surface area contributed by atoms with Crippen molar-refractivity contribution in [2.75, 3.05) is 5.43 Å². The molecule has 0 saturated heterocycles. The lowest BCUT2D eigenvalue weighted by molar-refractivity contribution is 0.874. The van der Waals surface area contributed by atoms with Crippen LogP contribution in [-0.2, 0) is 7.05 Å². The number of nitrogens with two attached hydrogens (primary N) is 1. The normalized spacial score (nSPS) is 9.67. The number of aromatic nitrogens is 2. The Bertz CT molecular complexity index is 203. The van der Waals surface area contributed by atoms with E-state index in [1.54, 1.807) is 6.20 Å². The van der Waals surface area contributed by atoms with Crippen LogP contribution >= 0.6 is 0 Å². The molecule has 0 spiro atoms. The molecule has 1 aromatic rings. The molecular formula is C5H10N4. The molecule has 1 heterocycles. The lowest BCUT2D eigenvalue weighted by atomic mass is 10.5. The molecule has 4 heteroatoms. The zero-order valence-corrected chi connectivity index (χ0v) is 5.55. The molecule has 0 bridgehead atoms. The van der Waals surface area contributed by atoms with E-state index < -0.39 is 0 Å². The van der Waals surface area contributed by atoms with E-state index in [0.717, 1.165) is 5.69 Å². The highest BCUT2D eigenvalue weighted by Gasteiger charge is 1.97. The predicted molar refractivity (Wildman–Crippen MR) is 35.8 cm³/mol. The highest BCUT2D eigenvalue weighted by atomic mass is 15.3. The third-order valence-electron chi connectivity index (χ3n) is 1.35. The summed E-state index contributed by atoms with van der Waals surface area (Å²) in [5.41, 5.74) is 3.55. The Morgan fingerprint density at radius 1 is 1.78 bits per heavy atom. The topological polar surface area (TPSA) is 55.9 Å². The summed E-state index contributed by atoms with van der Waals surface area (Å²) in [4.78, 5) is 3.96. The van der Waals surface area contributed by atoms with Gasteiger partial charge in [-0.05, 0) is 6.92 Å². The highest BCUT2D eigenvalue weighted by Crippen LogP contribution is 2.03. The molecule has 0 unspecified atom stereocenters. The smallest absolute Gasteiger partial charge is 0.217 e. The van der Waals surface area contributed by atoms with Crippen molar-refractivity contribution in [3.05, 3.63) is 11.9 Å². The average Bonchev–Trinajstić information content (AvgIpc) is 2.15. The van der Waals surface area contributed by atoms with Gasteiger partial charge in [0.15, 0.2) is 0 Å². The Morgan fingerprint density at radius 2 is 2.44 bits per heavy atom. The Kier molecular flexibility index (Phi) is 1.40. The van der Waals surface area contributed by atoms with E-state index in [4.69, 9.17) is 5.84 Å². The van der Waals surface area contributed by atoms with Crippen molar-refractivity contribution in [3.8, 4) is 0 Å². The molecule has 4 nitrogen and oxygen atoms in total. The summed E-state index contributed by atoms with van der Waals surface area (Å²) in [6.45, 7) is 1.97. The van der Waals surface area contributed by atoms with Gasteiger partial charge in [0, 0.05) is 12.7 Å². The lowest BCUT2D eigenvalue weighted by Crippen LogP contribution is -2.11. The number of nitrogen functional groups attached to an aromatic ring is 1. The zero-order chi connectivity index (χ0) is 6.85. The number of nitrogens with one attached hydrogen (secondary N) is 1. The van der Waals surface area contributed by atoms with Crippen molar-refractivity contribution in [2.24, 2.45) is 12.9 Å². The predicted octanol–water partition coefficient (Wildman–Crippen LogP) is 0.0141. The molecule has 0 saturated carbocycles. The van der Waals surface area contributed by atoms with Crippen LogP contribution in [0.25, 0.3) is 0 Å². The Hall–Kier alpha value is -1.03. The van der Waals surface area contributed by atoms with Gasteiger partial charge in [-0.3, -0.25) is 5.43 Å². The third-order valence-corrected chi connectivity index (χ3v) is 1.35. The van der Waals surface area contributed by atoms with E-state index in [1.165, 1.54) is 0 Å². The van der Waals surface area contributed by atoms with Crippen LogP contribution in [0.3, 0.4) is 0 Å². The van der Waals surface area contributed by atoms with Gasteiger partial charge in [0.25, 0.3) is 0 Å². The van der Waals surface area contributed by atoms with Gasteiger partial charge in [-0.15, -0.1) is 0 Å². The Balaban J connectivity index is 3.04. The number of nitrogens with zero attached hydrogens (tertiary/aromatic N) is 2. The average molecular weight is 126 g/mol. The van der Waals surface area contributed by atoms with E-state index in [-0.39, 0.29) is 0 Å². The van der Waals surface area contributed by atoms with Gasteiger partial charge in [-0.2, -0.15) is 0 Å². The molecule has 3 N–H and O–H groups in total. The second kappa shape index (κ2) is 2.06. The fourth-order valence-corrected chi connectivity index (χ4v) is 0.629. The first-order valence-corrected chi connectivity index (χ1v) is 2.70. The minimum Gasteiger partial charge on any atom is -0.317 e. The van der Waals surface area contributed by atoms with E-state index in [0.29, 0.717) is 5.95 Å². The molecule has 0 aliphatic carbocycles. The van der Waals surface area contributed by atoms with E-state index in [1.807, 2.05) is 18.5 Å². The van der Waals surface area contributed by atoms with Gasteiger partial charge >= 0.3 is 0 Å². The summed E-state index contributed by atoms with van der Waals surface area (Å²) >= 11 is 0. The molecule has 0 aliphatic heterocycles. The number of hydrogen-bond acceptors (Lipinski definition) is 3. The van der Waals surface area contributed by atoms with Gasteiger partial charge in [0.2, 0.25) is 5.95 Å². The van der Waals surface area contributed by atoms with Crippen molar-refractivity contribution in [2.45, 2.75) is 6.92 Å². The number of hydrogen-bond donors (Lipinski definition) is 2. The minimum atomic E-state index is 0.688. The van der Waals surface area contributed by atoms with Crippen LogP contribution in [0.2, 0.25) is 0 Å². The summed E-state index contributed by atoms with van der Waals surface area (Å²) in [7, 11) is 1.90. The van der Waals surface area contributed by atoms with Crippen molar-refractivity contribution in [3.63, 3.8) is 0 Å². The second-order valence-corrected chi connectivity index (χ2v) is 1.93. The summed E-state index contributed by atoms with van der Waals surface area (Å²) in [6, 6.07) is 0. The van der Waals surface area contributed by atoms with Gasteiger partial charge in [0.05, 0.1) is 6.20 Å². The van der Waals surface area contributed by atoms with E-state index >= 15 is 0 Å². The van der Waals surface area contributed by atoms with Gasteiger partial charge in [-0.25, -0.2) is 10.8 Å². The molecule has 0 aromatic carbocycles. The molecule has 1 aromatic heterocycles. The third kappa shape index (κ3) is 0.882. The molecule has 9 heavy (non-hydrogen) atoms. The summed E-state index contributed by atoms with van der Waals surface area (Å²) in [6.07, 6.45) is 1.76. The van der Waals surface area contributed by atoms with Crippen molar-refractivity contribution in [1.29, 1.82) is 0 Å². The number of aryl methyl sites for hydroxylation is 1. The van der Waals surface area contributed by atoms with Gasteiger partial charge < -0.3 is 4.57 Å². The Labute approximate surface area is 53.7 Å². The van der Waals surface area contributed by atoms with Crippen LogP contribution in [-0.4, -0.2) is 9.55 Å². The summed E-state index contributed by atoms with van der Waals surface area (Å²) in [5.74, 6) is 5.82. The lowest BCUT2D eigenvalue weighted by Gasteiger charge is -1.98. The van der Waals surface area contributed by atoms with Gasteiger partial charge in [-0.1, -0.05) is 0 Å².